The van der Waals surface area contributed by atoms with E-state index in [-0.39, 0.29) is 5.54 Å². The highest BCUT2D eigenvalue weighted by Gasteiger charge is 2.12. The SMILES string of the molecule is CC(C)(N)CCc1csc(-c2ccccc2)n1. The molecule has 0 spiro atoms. The maximum atomic E-state index is 5.98. The van der Waals surface area contributed by atoms with Gasteiger partial charge in [0.2, 0.25) is 0 Å². The lowest BCUT2D eigenvalue weighted by molar-refractivity contribution is 0.475. The van der Waals surface area contributed by atoms with Gasteiger partial charge in [-0.2, -0.15) is 0 Å². The fraction of sp³-hybridized carbons (Fsp3) is 0.357. The van der Waals surface area contributed by atoms with Crippen molar-refractivity contribution in [1.29, 1.82) is 0 Å². The molecule has 3 heteroatoms. The molecule has 1 aromatic heterocycles. The standard InChI is InChI=1S/C14H18N2S/c1-14(2,15)9-8-12-10-17-13(16-12)11-6-4-3-5-7-11/h3-7,10H,8-9,15H2,1-2H3. The van der Waals surface area contributed by atoms with E-state index in [1.807, 2.05) is 18.2 Å². The van der Waals surface area contributed by atoms with Gasteiger partial charge in [-0.1, -0.05) is 30.3 Å². The van der Waals surface area contributed by atoms with Crippen LogP contribution < -0.4 is 5.73 Å². The van der Waals surface area contributed by atoms with Crippen molar-refractivity contribution in [3.05, 3.63) is 41.4 Å². The first kappa shape index (κ1) is 12.3. The number of hydrogen-bond donors (Lipinski definition) is 1. The van der Waals surface area contributed by atoms with Gasteiger partial charge in [0, 0.05) is 16.5 Å². The number of thiazole rings is 1. The smallest absolute Gasteiger partial charge is 0.123 e. The van der Waals surface area contributed by atoms with Crippen molar-refractivity contribution in [3.63, 3.8) is 0 Å². The molecule has 0 aliphatic rings. The van der Waals surface area contributed by atoms with Crippen LogP contribution in [0.3, 0.4) is 0 Å². The second kappa shape index (κ2) is 4.98. The molecule has 0 bridgehead atoms. The zero-order valence-corrected chi connectivity index (χ0v) is 11.1. The second-order valence-electron chi connectivity index (χ2n) is 5.00. The molecule has 0 saturated carbocycles. The maximum absolute atomic E-state index is 5.98. The molecule has 2 aromatic rings. The Labute approximate surface area is 107 Å². The summed E-state index contributed by atoms with van der Waals surface area (Å²) < 4.78 is 0. The number of aromatic nitrogens is 1. The average molecular weight is 246 g/mol. The minimum absolute atomic E-state index is 0.115. The largest absolute Gasteiger partial charge is 0.326 e. The van der Waals surface area contributed by atoms with E-state index in [1.54, 1.807) is 11.3 Å². The molecular formula is C14H18N2S. The van der Waals surface area contributed by atoms with Crippen LogP contribution in [0.4, 0.5) is 0 Å². The van der Waals surface area contributed by atoms with Crippen LogP contribution in [0.1, 0.15) is 26.0 Å². The molecule has 0 unspecified atom stereocenters. The molecule has 0 fully saturated rings. The van der Waals surface area contributed by atoms with E-state index in [0.29, 0.717) is 0 Å². The van der Waals surface area contributed by atoms with E-state index in [9.17, 15) is 0 Å². The number of nitrogens with two attached hydrogens (primary N) is 1. The Bertz CT molecular complexity index is 468. The lowest BCUT2D eigenvalue weighted by atomic mass is 9.99. The van der Waals surface area contributed by atoms with Crippen molar-refractivity contribution in [2.75, 3.05) is 0 Å². The van der Waals surface area contributed by atoms with Crippen molar-refractivity contribution < 1.29 is 0 Å². The number of benzene rings is 1. The average Bonchev–Trinajstić information content (AvgIpc) is 2.75. The fourth-order valence-corrected chi connectivity index (χ4v) is 2.45. The fourth-order valence-electron chi connectivity index (χ4n) is 1.59. The first-order valence-corrected chi connectivity index (χ1v) is 6.71. The van der Waals surface area contributed by atoms with Crippen LogP contribution in [0, 0.1) is 0 Å². The lowest BCUT2D eigenvalue weighted by Crippen LogP contribution is -2.32. The Morgan fingerprint density at radius 3 is 2.59 bits per heavy atom. The molecule has 2 N–H and O–H groups in total. The van der Waals surface area contributed by atoms with Gasteiger partial charge in [0.05, 0.1) is 5.69 Å². The second-order valence-corrected chi connectivity index (χ2v) is 5.86. The summed E-state index contributed by atoms with van der Waals surface area (Å²) in [7, 11) is 0. The van der Waals surface area contributed by atoms with Gasteiger partial charge in [-0.3, -0.25) is 0 Å². The third-order valence-electron chi connectivity index (χ3n) is 2.60. The third-order valence-corrected chi connectivity index (χ3v) is 3.54. The highest BCUT2D eigenvalue weighted by Crippen LogP contribution is 2.24. The monoisotopic (exact) mass is 246 g/mol. The predicted molar refractivity (Wildman–Crippen MR) is 74.1 cm³/mol. The van der Waals surface area contributed by atoms with Gasteiger partial charge in [-0.15, -0.1) is 11.3 Å². The van der Waals surface area contributed by atoms with Crippen LogP contribution in [0.25, 0.3) is 10.6 Å². The number of aryl methyl sites for hydroxylation is 1. The molecule has 2 rings (SSSR count). The Hall–Kier alpha value is -1.19. The Morgan fingerprint density at radius 2 is 1.94 bits per heavy atom. The Balaban J connectivity index is 2.07. The molecule has 0 radical (unpaired) electrons. The first-order chi connectivity index (χ1) is 8.04. The normalized spacial score (nSPS) is 11.7. The first-order valence-electron chi connectivity index (χ1n) is 5.83. The van der Waals surface area contributed by atoms with Gasteiger partial charge in [-0.25, -0.2) is 4.98 Å². The van der Waals surface area contributed by atoms with Crippen LogP contribution in [-0.4, -0.2) is 10.5 Å². The molecule has 0 atom stereocenters. The van der Waals surface area contributed by atoms with Crippen molar-refractivity contribution in [2.45, 2.75) is 32.2 Å². The summed E-state index contributed by atoms with van der Waals surface area (Å²) in [6.07, 6.45) is 1.91. The highest BCUT2D eigenvalue weighted by atomic mass is 32.1. The minimum atomic E-state index is -0.115. The Morgan fingerprint density at radius 1 is 1.24 bits per heavy atom. The summed E-state index contributed by atoms with van der Waals surface area (Å²) in [6.45, 7) is 4.11. The number of nitrogens with zero attached hydrogens (tertiary/aromatic N) is 1. The number of rotatable bonds is 4. The van der Waals surface area contributed by atoms with E-state index < -0.39 is 0 Å². The molecule has 0 aliphatic heterocycles. The van der Waals surface area contributed by atoms with Crippen molar-refractivity contribution in [3.8, 4) is 10.6 Å². The molecule has 90 valence electrons. The molecule has 0 amide bonds. The topological polar surface area (TPSA) is 38.9 Å². The van der Waals surface area contributed by atoms with E-state index in [0.717, 1.165) is 23.5 Å². The van der Waals surface area contributed by atoms with Crippen LogP contribution in [0.2, 0.25) is 0 Å². The molecule has 0 saturated heterocycles. The van der Waals surface area contributed by atoms with Gasteiger partial charge in [0.1, 0.15) is 5.01 Å². The van der Waals surface area contributed by atoms with E-state index in [1.165, 1.54) is 5.56 Å². The summed E-state index contributed by atoms with van der Waals surface area (Å²) >= 11 is 1.70. The van der Waals surface area contributed by atoms with E-state index in [2.05, 4.69) is 36.3 Å². The summed E-state index contributed by atoms with van der Waals surface area (Å²) in [5.41, 5.74) is 8.20. The summed E-state index contributed by atoms with van der Waals surface area (Å²) in [5.74, 6) is 0. The number of hydrogen-bond acceptors (Lipinski definition) is 3. The molecule has 1 aromatic carbocycles. The summed E-state index contributed by atoms with van der Waals surface area (Å²) in [6, 6.07) is 10.3. The molecule has 0 aliphatic carbocycles. The zero-order chi connectivity index (χ0) is 12.3. The molecule has 2 nitrogen and oxygen atoms in total. The predicted octanol–water partition coefficient (Wildman–Crippen LogP) is 3.48. The minimum Gasteiger partial charge on any atom is -0.326 e. The van der Waals surface area contributed by atoms with Gasteiger partial charge in [-0.05, 0) is 26.7 Å². The van der Waals surface area contributed by atoms with Crippen molar-refractivity contribution in [2.24, 2.45) is 5.73 Å². The molecule has 1 heterocycles. The highest BCUT2D eigenvalue weighted by molar-refractivity contribution is 7.13. The van der Waals surface area contributed by atoms with Crippen molar-refractivity contribution in [1.82, 2.24) is 4.98 Å². The van der Waals surface area contributed by atoms with Crippen LogP contribution in [0.15, 0.2) is 35.7 Å². The van der Waals surface area contributed by atoms with Gasteiger partial charge < -0.3 is 5.73 Å². The Kier molecular flexibility index (Phi) is 3.60. The van der Waals surface area contributed by atoms with Gasteiger partial charge in [0.25, 0.3) is 0 Å². The molecule has 17 heavy (non-hydrogen) atoms. The van der Waals surface area contributed by atoms with Crippen LogP contribution in [-0.2, 0) is 6.42 Å². The van der Waals surface area contributed by atoms with Gasteiger partial charge >= 0.3 is 0 Å². The van der Waals surface area contributed by atoms with Gasteiger partial charge in [0.15, 0.2) is 0 Å². The van der Waals surface area contributed by atoms with Crippen LogP contribution in [0.5, 0.6) is 0 Å². The van der Waals surface area contributed by atoms with Crippen molar-refractivity contribution >= 4 is 11.3 Å². The quantitative estimate of drug-likeness (QED) is 0.897. The maximum Gasteiger partial charge on any atom is 0.123 e. The van der Waals surface area contributed by atoms with Crippen LogP contribution >= 0.6 is 11.3 Å². The molecular weight excluding hydrogens is 228 g/mol. The summed E-state index contributed by atoms with van der Waals surface area (Å²) in [5, 5.41) is 3.23. The van der Waals surface area contributed by atoms with E-state index >= 15 is 0 Å². The van der Waals surface area contributed by atoms with E-state index in [4.69, 9.17) is 5.73 Å². The zero-order valence-electron chi connectivity index (χ0n) is 10.3. The lowest BCUT2D eigenvalue weighted by Gasteiger charge is -2.16. The summed E-state index contributed by atoms with van der Waals surface area (Å²) in [4.78, 5) is 4.65. The third kappa shape index (κ3) is 3.65.